The molecular weight excluding hydrogens is 328 g/mol. The van der Waals surface area contributed by atoms with Crippen LogP contribution in [0.2, 0.25) is 0 Å². The highest BCUT2D eigenvalue weighted by Gasteiger charge is 2.28. The molecule has 1 heterocycles. The minimum absolute atomic E-state index is 0.202. The first-order valence-electron chi connectivity index (χ1n) is 7.94. The summed E-state index contributed by atoms with van der Waals surface area (Å²) in [6, 6.07) is 2.43. The van der Waals surface area contributed by atoms with E-state index in [-0.39, 0.29) is 5.57 Å². The molecule has 1 fully saturated rings. The van der Waals surface area contributed by atoms with Gasteiger partial charge in [-0.2, -0.15) is 0 Å². The van der Waals surface area contributed by atoms with E-state index in [9.17, 15) is 14.4 Å². The first kappa shape index (κ1) is 18.3. The Morgan fingerprint density at radius 1 is 0.800 bits per heavy atom. The molecule has 2 rings (SSSR count). The Balaban J connectivity index is 2.52. The zero-order valence-corrected chi connectivity index (χ0v) is 14.3. The van der Waals surface area contributed by atoms with Crippen LogP contribution in [0, 0.1) is 0 Å². The molecule has 1 aliphatic rings. The van der Waals surface area contributed by atoms with Gasteiger partial charge in [-0.1, -0.05) is 0 Å². The van der Waals surface area contributed by atoms with Crippen molar-refractivity contribution < 1.29 is 28.6 Å². The lowest BCUT2D eigenvalue weighted by Gasteiger charge is -2.17. The molecular formula is C17H20N2O6. The largest absolute Gasteiger partial charge is 0.493 e. The molecule has 8 nitrogen and oxygen atoms in total. The van der Waals surface area contributed by atoms with Gasteiger partial charge in [0.25, 0.3) is 11.8 Å². The van der Waals surface area contributed by atoms with Crippen molar-refractivity contribution in [1.82, 2.24) is 10.6 Å². The third-order valence-corrected chi connectivity index (χ3v) is 3.22. The molecule has 4 amide bonds. The summed E-state index contributed by atoms with van der Waals surface area (Å²) in [5.74, 6) is -0.152. The highest BCUT2D eigenvalue weighted by molar-refractivity contribution is 6.31. The second kappa shape index (κ2) is 8.18. The molecule has 8 heteroatoms. The second-order valence-corrected chi connectivity index (χ2v) is 4.93. The summed E-state index contributed by atoms with van der Waals surface area (Å²) in [7, 11) is 0. The van der Waals surface area contributed by atoms with Crippen molar-refractivity contribution >= 4 is 23.9 Å². The van der Waals surface area contributed by atoms with Gasteiger partial charge >= 0.3 is 6.03 Å². The van der Waals surface area contributed by atoms with Crippen LogP contribution in [0.15, 0.2) is 17.7 Å². The van der Waals surface area contributed by atoms with E-state index in [1.54, 1.807) is 12.1 Å². The number of barbiturate groups is 1. The minimum Gasteiger partial charge on any atom is -0.493 e. The van der Waals surface area contributed by atoms with Crippen molar-refractivity contribution in [1.29, 1.82) is 0 Å². The SMILES string of the molecule is CCOc1cc(OCC)c(OCC)cc1C=C1C(=O)NC(=O)NC1=O. The van der Waals surface area contributed by atoms with Gasteiger partial charge in [-0.15, -0.1) is 0 Å². The number of carbonyl (C=O) groups is 3. The fourth-order valence-electron chi connectivity index (χ4n) is 2.25. The number of ether oxygens (including phenoxy) is 3. The van der Waals surface area contributed by atoms with Crippen LogP contribution in [-0.4, -0.2) is 37.7 Å². The Kier molecular flexibility index (Phi) is 5.99. The van der Waals surface area contributed by atoms with Crippen LogP contribution in [0.4, 0.5) is 4.79 Å². The number of hydrogen-bond donors (Lipinski definition) is 2. The number of amides is 4. The van der Waals surface area contributed by atoms with E-state index >= 15 is 0 Å². The van der Waals surface area contributed by atoms with Crippen LogP contribution in [0.25, 0.3) is 6.08 Å². The van der Waals surface area contributed by atoms with E-state index in [2.05, 4.69) is 0 Å². The zero-order chi connectivity index (χ0) is 18.4. The van der Waals surface area contributed by atoms with Gasteiger partial charge in [0.05, 0.1) is 19.8 Å². The van der Waals surface area contributed by atoms with E-state index in [0.717, 1.165) is 0 Å². The maximum absolute atomic E-state index is 11.9. The quantitative estimate of drug-likeness (QED) is 0.573. The van der Waals surface area contributed by atoms with E-state index in [4.69, 9.17) is 14.2 Å². The standard InChI is InChI=1S/C17H20N2O6/c1-4-23-12-9-14(25-6-3)13(24-5-2)8-10(12)7-11-15(20)18-17(22)19-16(11)21/h7-9H,4-6H2,1-3H3,(H2,18,19,20,21,22). The van der Waals surface area contributed by atoms with Crippen molar-refractivity contribution in [2.24, 2.45) is 0 Å². The number of hydrogen-bond acceptors (Lipinski definition) is 6. The predicted molar refractivity (Wildman–Crippen MR) is 89.6 cm³/mol. The minimum atomic E-state index is -0.848. The summed E-state index contributed by atoms with van der Waals surface area (Å²) in [6.07, 6.45) is 1.35. The molecule has 0 atom stereocenters. The lowest BCUT2D eigenvalue weighted by atomic mass is 10.1. The maximum Gasteiger partial charge on any atom is 0.328 e. The van der Waals surface area contributed by atoms with Crippen LogP contribution >= 0.6 is 0 Å². The van der Waals surface area contributed by atoms with Gasteiger partial charge in [0, 0.05) is 11.6 Å². The van der Waals surface area contributed by atoms with E-state index < -0.39 is 17.8 Å². The molecule has 0 saturated carbocycles. The van der Waals surface area contributed by atoms with E-state index in [1.807, 2.05) is 31.4 Å². The Hall–Kier alpha value is -3.03. The monoisotopic (exact) mass is 348 g/mol. The number of rotatable bonds is 7. The third-order valence-electron chi connectivity index (χ3n) is 3.22. The Morgan fingerprint density at radius 3 is 1.80 bits per heavy atom. The number of benzene rings is 1. The highest BCUT2D eigenvalue weighted by atomic mass is 16.5. The average Bonchev–Trinajstić information content (AvgIpc) is 2.54. The van der Waals surface area contributed by atoms with E-state index in [1.165, 1.54) is 6.08 Å². The summed E-state index contributed by atoms with van der Waals surface area (Å²) in [6.45, 7) is 6.73. The molecule has 1 saturated heterocycles. The highest BCUT2D eigenvalue weighted by Crippen LogP contribution is 2.36. The molecule has 0 aliphatic carbocycles. The van der Waals surface area contributed by atoms with Gasteiger partial charge in [0.2, 0.25) is 0 Å². The van der Waals surface area contributed by atoms with Crippen LogP contribution in [0.5, 0.6) is 17.2 Å². The summed E-state index contributed by atoms with van der Waals surface area (Å²) < 4.78 is 16.7. The number of nitrogens with one attached hydrogen (secondary N) is 2. The average molecular weight is 348 g/mol. The van der Waals surface area contributed by atoms with Crippen molar-refractivity contribution in [2.45, 2.75) is 20.8 Å². The first-order valence-corrected chi connectivity index (χ1v) is 7.94. The fraction of sp³-hybridized carbons (Fsp3) is 0.353. The molecule has 0 spiro atoms. The number of carbonyl (C=O) groups excluding carboxylic acids is 3. The summed E-state index contributed by atoms with van der Waals surface area (Å²) in [4.78, 5) is 35.0. The molecule has 1 aromatic carbocycles. The number of urea groups is 1. The van der Waals surface area contributed by atoms with Crippen molar-refractivity contribution in [2.75, 3.05) is 19.8 Å². The van der Waals surface area contributed by atoms with Crippen molar-refractivity contribution in [3.05, 3.63) is 23.3 Å². The molecule has 2 N–H and O–H groups in total. The van der Waals surface area contributed by atoms with Gasteiger partial charge in [-0.3, -0.25) is 20.2 Å². The van der Waals surface area contributed by atoms with Crippen molar-refractivity contribution in [3.8, 4) is 17.2 Å². The van der Waals surface area contributed by atoms with Crippen LogP contribution in [0.3, 0.4) is 0 Å². The van der Waals surface area contributed by atoms with Gasteiger partial charge in [-0.25, -0.2) is 4.79 Å². The lowest BCUT2D eigenvalue weighted by Crippen LogP contribution is -2.51. The smallest absolute Gasteiger partial charge is 0.328 e. The Labute approximate surface area is 145 Å². The summed E-state index contributed by atoms with van der Waals surface area (Å²) in [5, 5.41) is 4.06. The molecule has 25 heavy (non-hydrogen) atoms. The molecule has 0 radical (unpaired) electrons. The van der Waals surface area contributed by atoms with E-state index in [0.29, 0.717) is 42.6 Å². The van der Waals surface area contributed by atoms with Gasteiger partial charge in [0.15, 0.2) is 11.5 Å². The molecule has 0 aromatic heterocycles. The first-order chi connectivity index (χ1) is 12.0. The Morgan fingerprint density at radius 2 is 1.28 bits per heavy atom. The van der Waals surface area contributed by atoms with Gasteiger partial charge in [0.1, 0.15) is 11.3 Å². The Bertz CT molecular complexity index is 704. The normalized spacial score (nSPS) is 13.9. The lowest BCUT2D eigenvalue weighted by molar-refractivity contribution is -0.123. The number of imide groups is 2. The topological polar surface area (TPSA) is 103 Å². The summed E-state index contributed by atoms with van der Waals surface area (Å²) in [5.41, 5.74) is 0.260. The second-order valence-electron chi connectivity index (χ2n) is 4.93. The van der Waals surface area contributed by atoms with Gasteiger partial charge in [-0.05, 0) is 32.9 Å². The van der Waals surface area contributed by atoms with Crippen LogP contribution in [0.1, 0.15) is 26.3 Å². The van der Waals surface area contributed by atoms with Crippen molar-refractivity contribution in [3.63, 3.8) is 0 Å². The molecule has 1 aromatic rings. The van der Waals surface area contributed by atoms with Crippen LogP contribution < -0.4 is 24.8 Å². The van der Waals surface area contributed by atoms with Crippen LogP contribution in [-0.2, 0) is 9.59 Å². The maximum atomic E-state index is 11.9. The predicted octanol–water partition coefficient (Wildman–Crippen LogP) is 1.63. The zero-order valence-electron chi connectivity index (χ0n) is 14.3. The van der Waals surface area contributed by atoms with Gasteiger partial charge < -0.3 is 14.2 Å². The third kappa shape index (κ3) is 4.28. The molecule has 1 aliphatic heterocycles. The molecule has 0 unspecified atom stereocenters. The fourth-order valence-corrected chi connectivity index (χ4v) is 2.25. The summed E-state index contributed by atoms with van der Waals surface area (Å²) >= 11 is 0. The molecule has 134 valence electrons. The molecule has 0 bridgehead atoms.